The van der Waals surface area contributed by atoms with Crippen molar-refractivity contribution in [3.05, 3.63) is 34.8 Å². The van der Waals surface area contributed by atoms with Gasteiger partial charge in [0, 0.05) is 17.8 Å². The minimum Gasteiger partial charge on any atom is -0.400 e. The van der Waals surface area contributed by atoms with Crippen molar-refractivity contribution >= 4 is 18.9 Å². The minimum atomic E-state index is -4.50. The summed E-state index contributed by atoms with van der Waals surface area (Å²) in [4.78, 5) is 0. The van der Waals surface area contributed by atoms with E-state index in [0.29, 0.717) is 12.0 Å². The number of hydrogen-bond donors (Lipinski definition) is 2. The fraction of sp³-hybridized carbons (Fsp3) is 0.529. The summed E-state index contributed by atoms with van der Waals surface area (Å²) in [6, 6.07) is 3.76. The van der Waals surface area contributed by atoms with Crippen molar-refractivity contribution in [2.75, 3.05) is 19.3 Å². The second kappa shape index (κ2) is 6.66. The van der Waals surface area contributed by atoms with Crippen molar-refractivity contribution in [3.63, 3.8) is 0 Å². The second-order valence-electron chi connectivity index (χ2n) is 7.14. The third kappa shape index (κ3) is 4.02. The molecule has 3 N–H and O–H groups in total. The smallest absolute Gasteiger partial charge is 0.400 e. The van der Waals surface area contributed by atoms with Gasteiger partial charge in [-0.1, -0.05) is 12.1 Å². The van der Waals surface area contributed by atoms with Crippen molar-refractivity contribution in [2.45, 2.75) is 45.1 Å². The number of likely N-dealkylation sites (N-methyl/N-ethyl adjacent to an activating group) is 1. The number of nitrogens with one attached hydrogen (secondary N) is 1. The maximum Gasteiger partial charge on any atom is 0.491 e. The lowest BCUT2D eigenvalue weighted by molar-refractivity contribution is -0.137. The molecule has 1 saturated heterocycles. The van der Waals surface area contributed by atoms with Crippen LogP contribution in [0.15, 0.2) is 23.7 Å². The highest BCUT2D eigenvalue weighted by atomic mass is 19.4. The summed E-state index contributed by atoms with van der Waals surface area (Å²) < 4.78 is 51.9. The fourth-order valence-corrected chi connectivity index (χ4v) is 2.58. The Morgan fingerprint density at radius 2 is 1.76 bits per heavy atom. The van der Waals surface area contributed by atoms with Crippen LogP contribution in [0, 0.1) is 0 Å². The van der Waals surface area contributed by atoms with Gasteiger partial charge in [-0.2, -0.15) is 13.2 Å². The van der Waals surface area contributed by atoms with Crippen LogP contribution < -0.4 is 11.1 Å². The van der Waals surface area contributed by atoms with Crippen molar-refractivity contribution in [2.24, 2.45) is 0 Å². The van der Waals surface area contributed by atoms with Crippen molar-refractivity contribution in [1.82, 2.24) is 5.32 Å². The highest BCUT2D eigenvalue weighted by molar-refractivity contribution is 6.56. The zero-order valence-electron chi connectivity index (χ0n) is 15.1. The molecule has 0 aromatic heterocycles. The number of nitrogens with two attached hydrogens (primary N) is 1. The molecule has 4 nitrogen and oxygen atoms in total. The van der Waals surface area contributed by atoms with E-state index in [9.17, 15) is 13.2 Å². The highest BCUT2D eigenvalue weighted by Crippen LogP contribution is 2.40. The molecule has 0 spiro atoms. The molecule has 1 fully saturated rings. The number of rotatable bonds is 4. The summed E-state index contributed by atoms with van der Waals surface area (Å²) in [5.74, 6) is 0. The fourth-order valence-electron chi connectivity index (χ4n) is 2.58. The topological polar surface area (TPSA) is 56.5 Å². The van der Waals surface area contributed by atoms with E-state index in [0.717, 1.165) is 6.07 Å². The van der Waals surface area contributed by atoms with Gasteiger partial charge in [0.25, 0.3) is 0 Å². The van der Waals surface area contributed by atoms with Crippen LogP contribution in [0.2, 0.25) is 0 Å². The van der Waals surface area contributed by atoms with Crippen molar-refractivity contribution < 1.29 is 22.5 Å². The first-order chi connectivity index (χ1) is 11.4. The standard InChI is InChI=1S/C17H24BF3N2O2/c1-15(2)16(3,4)25-18(24-15)11(10-23-5)9-12-13(17(19,20)21)7-6-8-14(12)22/h6-9,23H,10,22H2,1-5H3. The second-order valence-corrected chi connectivity index (χ2v) is 7.14. The predicted molar refractivity (Wildman–Crippen MR) is 93.8 cm³/mol. The Bertz CT molecular complexity index is 656. The normalized spacial score (nSPS) is 20.2. The molecular weight excluding hydrogens is 332 g/mol. The number of benzene rings is 1. The van der Waals surface area contributed by atoms with Gasteiger partial charge >= 0.3 is 13.3 Å². The molecule has 1 aromatic carbocycles. The van der Waals surface area contributed by atoms with E-state index >= 15 is 0 Å². The lowest BCUT2D eigenvalue weighted by Crippen LogP contribution is -2.41. The first kappa shape index (κ1) is 19.8. The van der Waals surface area contributed by atoms with E-state index in [1.54, 1.807) is 7.05 Å². The van der Waals surface area contributed by atoms with Crippen molar-refractivity contribution in [1.29, 1.82) is 0 Å². The van der Waals surface area contributed by atoms with Crippen LogP contribution in [0.25, 0.3) is 6.08 Å². The molecule has 0 unspecified atom stereocenters. The van der Waals surface area contributed by atoms with Crippen LogP contribution in [0.3, 0.4) is 0 Å². The Balaban J connectivity index is 2.50. The average molecular weight is 356 g/mol. The number of hydrogen-bond acceptors (Lipinski definition) is 4. The molecular formula is C17H24BF3N2O2. The first-order valence-corrected chi connectivity index (χ1v) is 8.05. The average Bonchev–Trinajstić information content (AvgIpc) is 2.67. The summed E-state index contributed by atoms with van der Waals surface area (Å²) >= 11 is 0. The Morgan fingerprint density at radius 3 is 2.24 bits per heavy atom. The van der Waals surface area contributed by atoms with Crippen LogP contribution in [0.5, 0.6) is 0 Å². The molecule has 8 heteroatoms. The molecule has 0 amide bonds. The van der Waals surface area contributed by atoms with E-state index in [-0.39, 0.29) is 11.3 Å². The molecule has 0 saturated carbocycles. The van der Waals surface area contributed by atoms with Crippen LogP contribution in [0.1, 0.15) is 38.8 Å². The minimum absolute atomic E-state index is 0.0555. The van der Waals surface area contributed by atoms with Crippen LogP contribution in [-0.4, -0.2) is 31.9 Å². The van der Waals surface area contributed by atoms with Gasteiger partial charge in [-0.05, 0) is 52.3 Å². The third-order valence-corrected chi connectivity index (χ3v) is 4.71. The number of anilines is 1. The van der Waals surface area contributed by atoms with E-state index in [2.05, 4.69) is 5.32 Å². The van der Waals surface area contributed by atoms with Crippen LogP contribution in [-0.2, 0) is 15.5 Å². The molecule has 0 radical (unpaired) electrons. The summed E-state index contributed by atoms with van der Waals surface area (Å²) in [6.07, 6.45) is -3.08. The molecule has 0 aliphatic carbocycles. The van der Waals surface area contributed by atoms with Gasteiger partial charge in [-0.15, -0.1) is 0 Å². The van der Waals surface area contributed by atoms with Gasteiger partial charge in [0.05, 0.1) is 16.8 Å². The monoisotopic (exact) mass is 356 g/mol. The lowest BCUT2D eigenvalue weighted by atomic mass is 9.76. The summed E-state index contributed by atoms with van der Waals surface area (Å²) in [6.45, 7) is 7.87. The molecule has 25 heavy (non-hydrogen) atoms. The Morgan fingerprint density at radius 1 is 1.20 bits per heavy atom. The van der Waals surface area contributed by atoms with E-state index in [4.69, 9.17) is 15.0 Å². The first-order valence-electron chi connectivity index (χ1n) is 8.05. The lowest BCUT2D eigenvalue weighted by Gasteiger charge is -2.32. The summed E-state index contributed by atoms with van der Waals surface area (Å²) in [7, 11) is 0.955. The Labute approximate surface area is 146 Å². The number of alkyl halides is 3. The summed E-state index contributed by atoms with van der Waals surface area (Å²) in [5.41, 5.74) is 4.40. The Kier molecular flexibility index (Phi) is 5.28. The largest absolute Gasteiger partial charge is 0.491 e. The molecule has 1 aliphatic rings. The quantitative estimate of drug-likeness (QED) is 0.640. The zero-order valence-corrected chi connectivity index (χ0v) is 15.1. The van der Waals surface area contributed by atoms with Gasteiger partial charge in [0.2, 0.25) is 0 Å². The molecule has 0 atom stereocenters. The molecule has 1 aliphatic heterocycles. The third-order valence-electron chi connectivity index (χ3n) is 4.71. The van der Waals surface area contributed by atoms with Gasteiger partial charge in [-0.25, -0.2) is 0 Å². The van der Waals surface area contributed by atoms with Crippen LogP contribution in [0.4, 0.5) is 18.9 Å². The predicted octanol–water partition coefficient (Wildman–Crippen LogP) is 3.52. The zero-order chi connectivity index (χ0) is 19.0. The summed E-state index contributed by atoms with van der Waals surface area (Å²) in [5, 5.41) is 2.95. The number of nitrogen functional groups attached to an aromatic ring is 1. The van der Waals surface area contributed by atoms with Crippen molar-refractivity contribution in [3.8, 4) is 0 Å². The SMILES string of the molecule is CNCC(=Cc1c(N)cccc1C(F)(F)F)B1OC(C)(C)C(C)(C)O1. The van der Waals surface area contributed by atoms with Gasteiger partial charge in [-0.3, -0.25) is 0 Å². The molecule has 138 valence electrons. The molecule has 2 rings (SSSR count). The van der Waals surface area contributed by atoms with Gasteiger partial charge < -0.3 is 20.4 Å². The van der Waals surface area contributed by atoms with E-state index < -0.39 is 30.1 Å². The van der Waals surface area contributed by atoms with E-state index in [1.165, 1.54) is 18.2 Å². The maximum atomic E-state index is 13.3. The Hall–Kier alpha value is -1.51. The highest BCUT2D eigenvalue weighted by Gasteiger charge is 2.52. The molecule has 1 aromatic rings. The molecule has 1 heterocycles. The number of halogens is 3. The maximum absolute atomic E-state index is 13.3. The van der Waals surface area contributed by atoms with E-state index in [1.807, 2.05) is 27.7 Å². The van der Waals surface area contributed by atoms with Gasteiger partial charge in [0.15, 0.2) is 0 Å². The molecule has 0 bridgehead atoms. The van der Waals surface area contributed by atoms with Gasteiger partial charge in [0.1, 0.15) is 0 Å². The van der Waals surface area contributed by atoms with Crippen LogP contribution >= 0.6 is 0 Å².